The zero-order valence-corrected chi connectivity index (χ0v) is 9.38. The summed E-state index contributed by atoms with van der Waals surface area (Å²) >= 11 is 0. The Labute approximate surface area is 88.5 Å². The molecule has 0 bridgehead atoms. The van der Waals surface area contributed by atoms with Crippen LogP contribution in [0, 0.1) is 23.7 Å². The molecule has 3 aliphatic rings. The van der Waals surface area contributed by atoms with E-state index in [1.54, 1.807) is 57.8 Å². The van der Waals surface area contributed by atoms with Gasteiger partial charge in [0.25, 0.3) is 0 Å². The van der Waals surface area contributed by atoms with Gasteiger partial charge in [-0.1, -0.05) is 38.5 Å². The minimum atomic E-state index is 1.15. The second kappa shape index (κ2) is 3.87. The van der Waals surface area contributed by atoms with Gasteiger partial charge in [0, 0.05) is 0 Å². The van der Waals surface area contributed by atoms with Crippen LogP contribution in [0.3, 0.4) is 0 Å². The summed E-state index contributed by atoms with van der Waals surface area (Å²) in [4.78, 5) is 0. The summed E-state index contributed by atoms with van der Waals surface area (Å²) in [6, 6.07) is 0. The van der Waals surface area contributed by atoms with E-state index in [0.29, 0.717) is 0 Å². The molecule has 4 unspecified atom stereocenters. The van der Waals surface area contributed by atoms with E-state index in [-0.39, 0.29) is 0 Å². The van der Waals surface area contributed by atoms with Crippen molar-refractivity contribution in [3.05, 3.63) is 0 Å². The Balaban J connectivity index is 1.76. The summed E-state index contributed by atoms with van der Waals surface area (Å²) in [5.74, 6) is 4.65. The van der Waals surface area contributed by atoms with Crippen LogP contribution in [0.1, 0.15) is 64.2 Å². The first-order valence-electron chi connectivity index (χ1n) is 6.95. The van der Waals surface area contributed by atoms with E-state index in [1.165, 1.54) is 18.3 Å². The average molecular weight is 192 g/mol. The first-order chi connectivity index (χ1) is 6.95. The summed E-state index contributed by atoms with van der Waals surface area (Å²) < 4.78 is 0. The number of rotatable bonds is 0. The molecule has 0 saturated heterocycles. The molecule has 14 heavy (non-hydrogen) atoms. The van der Waals surface area contributed by atoms with Crippen molar-refractivity contribution < 1.29 is 0 Å². The van der Waals surface area contributed by atoms with Crippen molar-refractivity contribution in [1.82, 2.24) is 0 Å². The Kier molecular flexibility index (Phi) is 2.55. The van der Waals surface area contributed by atoms with Crippen LogP contribution in [0.25, 0.3) is 0 Å². The van der Waals surface area contributed by atoms with Gasteiger partial charge >= 0.3 is 0 Å². The molecule has 0 aromatic heterocycles. The van der Waals surface area contributed by atoms with Gasteiger partial charge in [0.05, 0.1) is 0 Å². The van der Waals surface area contributed by atoms with Crippen LogP contribution in [0.4, 0.5) is 0 Å². The molecule has 0 N–H and O–H groups in total. The SMILES string of the molecule is C1CCC2CCC3CCCC3C2CC1. The van der Waals surface area contributed by atoms with E-state index < -0.39 is 0 Å². The van der Waals surface area contributed by atoms with E-state index in [0.717, 1.165) is 11.8 Å². The van der Waals surface area contributed by atoms with Crippen molar-refractivity contribution in [1.29, 1.82) is 0 Å². The number of hydrogen-bond donors (Lipinski definition) is 0. The molecule has 0 spiro atoms. The molecule has 3 fully saturated rings. The molecular formula is C14H24. The van der Waals surface area contributed by atoms with Gasteiger partial charge in [-0.25, -0.2) is 0 Å². The molecule has 0 amide bonds. The van der Waals surface area contributed by atoms with Crippen LogP contribution >= 0.6 is 0 Å². The van der Waals surface area contributed by atoms with Crippen LogP contribution in [0.15, 0.2) is 0 Å². The van der Waals surface area contributed by atoms with Gasteiger partial charge in [-0.3, -0.25) is 0 Å². The topological polar surface area (TPSA) is 0 Å². The smallest absolute Gasteiger partial charge is 0.0355 e. The lowest BCUT2D eigenvalue weighted by Crippen LogP contribution is -2.31. The molecule has 3 aliphatic carbocycles. The number of hydrogen-bond acceptors (Lipinski definition) is 0. The Morgan fingerprint density at radius 1 is 0.429 bits per heavy atom. The van der Waals surface area contributed by atoms with Gasteiger partial charge in [-0.15, -0.1) is 0 Å². The minimum absolute atomic E-state index is 1.15. The highest BCUT2D eigenvalue weighted by Crippen LogP contribution is 2.51. The molecular weight excluding hydrogens is 168 g/mol. The van der Waals surface area contributed by atoms with Crippen LogP contribution in [-0.2, 0) is 0 Å². The normalized spacial score (nSPS) is 48.0. The zero-order valence-electron chi connectivity index (χ0n) is 9.38. The summed E-state index contributed by atoms with van der Waals surface area (Å²) in [6.45, 7) is 0. The second-order valence-electron chi connectivity index (χ2n) is 5.99. The van der Waals surface area contributed by atoms with Gasteiger partial charge in [0.1, 0.15) is 0 Å². The lowest BCUT2D eigenvalue weighted by atomic mass is 9.66. The quantitative estimate of drug-likeness (QED) is 0.534. The Bertz CT molecular complexity index is 196. The van der Waals surface area contributed by atoms with Crippen molar-refractivity contribution in [2.75, 3.05) is 0 Å². The fraction of sp³-hybridized carbons (Fsp3) is 1.00. The first kappa shape index (κ1) is 9.24. The van der Waals surface area contributed by atoms with E-state index in [1.807, 2.05) is 0 Å². The molecule has 4 atom stereocenters. The van der Waals surface area contributed by atoms with Gasteiger partial charge in [0.2, 0.25) is 0 Å². The molecule has 3 rings (SSSR count). The van der Waals surface area contributed by atoms with Crippen molar-refractivity contribution in [2.24, 2.45) is 23.7 Å². The standard InChI is InChI=1S/C14H24/c1-2-5-11-9-10-12-6-4-8-14(12)13(11)7-3-1/h11-14H,1-10H2. The minimum Gasteiger partial charge on any atom is -0.0533 e. The predicted octanol–water partition coefficient (Wildman–Crippen LogP) is 4.39. The lowest BCUT2D eigenvalue weighted by molar-refractivity contribution is 0.104. The average Bonchev–Trinajstić information content (AvgIpc) is 2.55. The maximum Gasteiger partial charge on any atom is -0.0355 e. The van der Waals surface area contributed by atoms with Crippen molar-refractivity contribution >= 4 is 0 Å². The largest absolute Gasteiger partial charge is 0.0533 e. The summed E-state index contributed by atoms with van der Waals surface area (Å²) in [7, 11) is 0. The molecule has 80 valence electrons. The Hall–Kier alpha value is 0. The highest BCUT2D eigenvalue weighted by atomic mass is 14.5. The monoisotopic (exact) mass is 192 g/mol. The highest BCUT2D eigenvalue weighted by molar-refractivity contribution is 4.91. The maximum absolute atomic E-state index is 1.59. The van der Waals surface area contributed by atoms with E-state index in [2.05, 4.69) is 0 Å². The van der Waals surface area contributed by atoms with Crippen LogP contribution in [-0.4, -0.2) is 0 Å². The van der Waals surface area contributed by atoms with E-state index in [9.17, 15) is 0 Å². The maximum atomic E-state index is 1.59. The summed E-state index contributed by atoms with van der Waals surface area (Å²) in [5, 5.41) is 0. The van der Waals surface area contributed by atoms with Crippen LogP contribution in [0.5, 0.6) is 0 Å². The predicted molar refractivity (Wildman–Crippen MR) is 60.1 cm³/mol. The van der Waals surface area contributed by atoms with Crippen molar-refractivity contribution in [3.8, 4) is 0 Å². The molecule has 3 saturated carbocycles. The highest BCUT2D eigenvalue weighted by Gasteiger charge is 2.41. The van der Waals surface area contributed by atoms with E-state index in [4.69, 9.17) is 0 Å². The molecule has 0 heteroatoms. The molecule has 0 aliphatic heterocycles. The third kappa shape index (κ3) is 1.51. The molecule has 0 radical (unpaired) electrons. The lowest BCUT2D eigenvalue weighted by Gasteiger charge is -2.39. The Morgan fingerprint density at radius 3 is 1.79 bits per heavy atom. The fourth-order valence-corrected chi connectivity index (χ4v) is 4.75. The van der Waals surface area contributed by atoms with Gasteiger partial charge in [-0.05, 0) is 49.4 Å². The van der Waals surface area contributed by atoms with Gasteiger partial charge in [0.15, 0.2) is 0 Å². The summed E-state index contributed by atoms with van der Waals surface area (Å²) in [5.41, 5.74) is 0. The first-order valence-corrected chi connectivity index (χ1v) is 6.95. The van der Waals surface area contributed by atoms with Crippen LogP contribution in [0.2, 0.25) is 0 Å². The van der Waals surface area contributed by atoms with Gasteiger partial charge < -0.3 is 0 Å². The van der Waals surface area contributed by atoms with Crippen LogP contribution < -0.4 is 0 Å². The van der Waals surface area contributed by atoms with Crippen molar-refractivity contribution in [3.63, 3.8) is 0 Å². The third-order valence-corrected chi connectivity index (χ3v) is 5.39. The second-order valence-corrected chi connectivity index (χ2v) is 5.99. The van der Waals surface area contributed by atoms with Gasteiger partial charge in [-0.2, -0.15) is 0 Å². The summed E-state index contributed by atoms with van der Waals surface area (Å²) in [6.07, 6.45) is 15.7. The molecule has 0 aromatic carbocycles. The zero-order chi connectivity index (χ0) is 9.38. The molecule has 0 nitrogen and oxygen atoms in total. The van der Waals surface area contributed by atoms with Crippen molar-refractivity contribution in [2.45, 2.75) is 64.2 Å². The van der Waals surface area contributed by atoms with E-state index >= 15 is 0 Å². The molecule has 0 aromatic rings. The number of fused-ring (bicyclic) bond motifs is 3. The molecule has 0 heterocycles. The fourth-order valence-electron chi connectivity index (χ4n) is 4.75. The Morgan fingerprint density at radius 2 is 1.00 bits per heavy atom. The third-order valence-electron chi connectivity index (χ3n) is 5.39.